The third-order valence-electron chi connectivity index (χ3n) is 2.51. The van der Waals surface area contributed by atoms with Gasteiger partial charge in [0, 0.05) is 26.2 Å². The lowest BCUT2D eigenvalue weighted by Gasteiger charge is -2.31. The molecule has 1 atom stereocenters. The molecule has 1 fully saturated rings. The fraction of sp³-hybridized carbons (Fsp3) is 0.800. The first-order valence-corrected chi connectivity index (χ1v) is 5.57. The molecule has 1 aliphatic heterocycles. The van der Waals surface area contributed by atoms with Crippen molar-refractivity contribution in [3.8, 4) is 0 Å². The lowest BCUT2D eigenvalue weighted by atomic mass is 10.2. The van der Waals surface area contributed by atoms with Crippen molar-refractivity contribution in [1.82, 2.24) is 10.2 Å². The molecule has 6 nitrogen and oxygen atoms in total. The lowest BCUT2D eigenvalue weighted by molar-refractivity contribution is -0.150. The summed E-state index contributed by atoms with van der Waals surface area (Å²) in [7, 11) is 0. The van der Waals surface area contributed by atoms with Crippen LogP contribution in [-0.2, 0) is 14.3 Å². The summed E-state index contributed by atoms with van der Waals surface area (Å²) in [6.07, 6.45) is 0.883. The van der Waals surface area contributed by atoms with Gasteiger partial charge < -0.3 is 20.7 Å². The highest BCUT2D eigenvalue weighted by molar-refractivity contribution is 6.35. The third kappa shape index (κ3) is 3.46. The highest BCUT2D eigenvalue weighted by Gasteiger charge is 2.27. The van der Waals surface area contributed by atoms with E-state index in [0.29, 0.717) is 32.8 Å². The van der Waals surface area contributed by atoms with Crippen molar-refractivity contribution in [1.29, 1.82) is 0 Å². The number of morpholine rings is 1. The van der Waals surface area contributed by atoms with Crippen LogP contribution in [0, 0.1) is 0 Å². The summed E-state index contributed by atoms with van der Waals surface area (Å²) in [5, 5.41) is 2.47. The van der Waals surface area contributed by atoms with Gasteiger partial charge >= 0.3 is 11.8 Å². The van der Waals surface area contributed by atoms with Gasteiger partial charge in [-0.2, -0.15) is 0 Å². The molecule has 1 heterocycles. The summed E-state index contributed by atoms with van der Waals surface area (Å²) in [6, 6.07) is 0. The number of nitrogens with two attached hydrogens (primary N) is 1. The van der Waals surface area contributed by atoms with Gasteiger partial charge in [0.2, 0.25) is 0 Å². The summed E-state index contributed by atoms with van der Waals surface area (Å²) in [4.78, 5) is 24.6. The second-order valence-electron chi connectivity index (χ2n) is 3.70. The Morgan fingerprint density at radius 3 is 2.94 bits per heavy atom. The Labute approximate surface area is 95.1 Å². The second-order valence-corrected chi connectivity index (χ2v) is 3.70. The number of hydrogen-bond donors (Lipinski definition) is 2. The van der Waals surface area contributed by atoms with Crippen molar-refractivity contribution in [2.75, 3.05) is 32.8 Å². The Hall–Kier alpha value is -1.14. The highest BCUT2D eigenvalue weighted by Crippen LogP contribution is 2.08. The zero-order valence-corrected chi connectivity index (χ0v) is 9.57. The van der Waals surface area contributed by atoms with Gasteiger partial charge in [-0.05, 0) is 6.42 Å². The number of ether oxygens (including phenoxy) is 1. The van der Waals surface area contributed by atoms with E-state index in [1.165, 1.54) is 4.90 Å². The van der Waals surface area contributed by atoms with Gasteiger partial charge in [-0.1, -0.05) is 6.92 Å². The normalized spacial score (nSPS) is 20.6. The molecule has 1 aliphatic rings. The predicted molar refractivity (Wildman–Crippen MR) is 58.7 cm³/mol. The van der Waals surface area contributed by atoms with Crippen LogP contribution in [-0.4, -0.2) is 55.6 Å². The lowest BCUT2D eigenvalue weighted by Crippen LogP contribution is -2.51. The van der Waals surface area contributed by atoms with E-state index in [2.05, 4.69) is 5.32 Å². The maximum atomic E-state index is 11.7. The first-order valence-electron chi connectivity index (χ1n) is 5.57. The average molecular weight is 229 g/mol. The van der Waals surface area contributed by atoms with Crippen LogP contribution in [0.3, 0.4) is 0 Å². The molecule has 0 spiro atoms. The van der Waals surface area contributed by atoms with Gasteiger partial charge in [0.1, 0.15) is 0 Å². The Kier molecular flexibility index (Phi) is 5.21. The fourth-order valence-corrected chi connectivity index (χ4v) is 1.56. The molecule has 6 heteroatoms. The Bertz CT molecular complexity index is 258. The van der Waals surface area contributed by atoms with E-state index in [-0.39, 0.29) is 6.10 Å². The number of carbonyl (C=O) groups excluding carboxylic acids is 2. The van der Waals surface area contributed by atoms with Gasteiger partial charge in [0.25, 0.3) is 0 Å². The molecule has 1 unspecified atom stereocenters. The maximum absolute atomic E-state index is 11.7. The highest BCUT2D eigenvalue weighted by atomic mass is 16.5. The molecular weight excluding hydrogens is 210 g/mol. The van der Waals surface area contributed by atoms with Gasteiger partial charge in [-0.25, -0.2) is 0 Å². The molecule has 16 heavy (non-hydrogen) atoms. The number of amides is 2. The zero-order chi connectivity index (χ0) is 12.0. The van der Waals surface area contributed by atoms with Gasteiger partial charge in [-0.3, -0.25) is 9.59 Å². The third-order valence-corrected chi connectivity index (χ3v) is 2.51. The topological polar surface area (TPSA) is 84.7 Å². The van der Waals surface area contributed by atoms with Crippen molar-refractivity contribution >= 4 is 11.8 Å². The van der Waals surface area contributed by atoms with E-state index < -0.39 is 11.8 Å². The number of carbonyl (C=O) groups is 2. The van der Waals surface area contributed by atoms with Crippen molar-refractivity contribution in [2.24, 2.45) is 5.73 Å². The number of nitrogens with zero attached hydrogens (tertiary/aromatic N) is 1. The first kappa shape index (κ1) is 12.9. The second kappa shape index (κ2) is 6.44. The Morgan fingerprint density at radius 1 is 1.56 bits per heavy atom. The molecule has 1 saturated heterocycles. The maximum Gasteiger partial charge on any atom is 0.312 e. The molecule has 0 aromatic carbocycles. The Balaban J connectivity index is 2.43. The fourth-order valence-electron chi connectivity index (χ4n) is 1.56. The summed E-state index contributed by atoms with van der Waals surface area (Å²) in [5.41, 5.74) is 5.24. The summed E-state index contributed by atoms with van der Waals surface area (Å²) >= 11 is 0. The number of nitrogens with one attached hydrogen (secondary N) is 1. The molecule has 0 saturated carbocycles. The van der Waals surface area contributed by atoms with Crippen LogP contribution in [0.5, 0.6) is 0 Å². The van der Waals surface area contributed by atoms with Gasteiger partial charge in [0.15, 0.2) is 0 Å². The van der Waals surface area contributed by atoms with E-state index in [1.807, 2.05) is 6.92 Å². The van der Waals surface area contributed by atoms with E-state index in [9.17, 15) is 9.59 Å². The minimum Gasteiger partial charge on any atom is -0.375 e. The zero-order valence-electron chi connectivity index (χ0n) is 9.57. The van der Waals surface area contributed by atoms with Gasteiger partial charge in [-0.15, -0.1) is 0 Å². The van der Waals surface area contributed by atoms with E-state index in [1.54, 1.807) is 0 Å². The van der Waals surface area contributed by atoms with Crippen LogP contribution in [0.2, 0.25) is 0 Å². The van der Waals surface area contributed by atoms with E-state index in [4.69, 9.17) is 10.5 Å². The first-order chi connectivity index (χ1) is 7.69. The number of hydrogen-bond acceptors (Lipinski definition) is 4. The van der Waals surface area contributed by atoms with Crippen LogP contribution < -0.4 is 11.1 Å². The van der Waals surface area contributed by atoms with E-state index >= 15 is 0 Å². The van der Waals surface area contributed by atoms with Crippen LogP contribution in [0.25, 0.3) is 0 Å². The molecule has 0 aromatic heterocycles. The van der Waals surface area contributed by atoms with Crippen LogP contribution in [0.1, 0.15) is 13.3 Å². The molecule has 0 aliphatic carbocycles. The van der Waals surface area contributed by atoms with Gasteiger partial charge in [0.05, 0.1) is 12.7 Å². The summed E-state index contributed by atoms with van der Waals surface area (Å²) < 4.78 is 5.42. The smallest absolute Gasteiger partial charge is 0.312 e. The molecule has 0 aromatic rings. The van der Waals surface area contributed by atoms with Crippen molar-refractivity contribution in [3.63, 3.8) is 0 Å². The predicted octanol–water partition coefficient (Wildman–Crippen LogP) is -1.30. The molecule has 0 bridgehead atoms. The molecule has 2 amide bonds. The standard InChI is InChI=1S/C10H19N3O3/c1-2-8-7-13(5-6-16-8)10(15)9(14)12-4-3-11/h8H,2-7,11H2,1H3,(H,12,14). The van der Waals surface area contributed by atoms with Crippen molar-refractivity contribution in [3.05, 3.63) is 0 Å². The van der Waals surface area contributed by atoms with Crippen LogP contribution >= 0.6 is 0 Å². The molecule has 1 rings (SSSR count). The van der Waals surface area contributed by atoms with E-state index in [0.717, 1.165) is 6.42 Å². The number of rotatable bonds is 3. The molecule has 3 N–H and O–H groups in total. The average Bonchev–Trinajstić information content (AvgIpc) is 2.35. The van der Waals surface area contributed by atoms with Crippen molar-refractivity contribution < 1.29 is 14.3 Å². The quantitative estimate of drug-likeness (QED) is 0.589. The summed E-state index contributed by atoms with van der Waals surface area (Å²) in [5.74, 6) is -1.07. The SMILES string of the molecule is CCC1CN(C(=O)C(=O)NCCN)CCO1. The monoisotopic (exact) mass is 229 g/mol. The largest absolute Gasteiger partial charge is 0.375 e. The molecule has 92 valence electrons. The summed E-state index contributed by atoms with van der Waals surface area (Å²) in [6.45, 7) is 4.12. The molecule has 0 radical (unpaired) electrons. The van der Waals surface area contributed by atoms with Crippen LogP contribution in [0.4, 0.5) is 0 Å². The minimum atomic E-state index is -0.581. The minimum absolute atomic E-state index is 0.0417. The van der Waals surface area contributed by atoms with Crippen LogP contribution in [0.15, 0.2) is 0 Å². The molecular formula is C10H19N3O3. The Morgan fingerprint density at radius 2 is 2.31 bits per heavy atom. The van der Waals surface area contributed by atoms with Crippen molar-refractivity contribution in [2.45, 2.75) is 19.4 Å².